The summed E-state index contributed by atoms with van der Waals surface area (Å²) >= 11 is 4.18. The molecule has 2 heterocycles. The van der Waals surface area contributed by atoms with Crippen molar-refractivity contribution >= 4 is 34.4 Å². The first-order valence-electron chi connectivity index (χ1n) is 7.16. The zero-order chi connectivity index (χ0) is 13.8. The van der Waals surface area contributed by atoms with Crippen LogP contribution in [0.25, 0.3) is 10.9 Å². The van der Waals surface area contributed by atoms with Crippen LogP contribution in [0, 0.1) is 0 Å². The van der Waals surface area contributed by atoms with Gasteiger partial charge in [-0.05, 0) is 18.2 Å². The van der Waals surface area contributed by atoms with E-state index in [0.717, 1.165) is 12.1 Å². The Morgan fingerprint density at radius 1 is 1.30 bits per heavy atom. The highest BCUT2D eigenvalue weighted by molar-refractivity contribution is 8.06. The normalized spacial score (nSPS) is 20.9. The second kappa shape index (κ2) is 6.83. The molecule has 2 unspecified atom stereocenters. The molecule has 1 fully saturated rings. The van der Waals surface area contributed by atoms with E-state index in [4.69, 9.17) is 0 Å². The van der Waals surface area contributed by atoms with Crippen molar-refractivity contribution in [2.75, 3.05) is 23.8 Å². The van der Waals surface area contributed by atoms with E-state index in [2.05, 4.69) is 65.0 Å². The molecule has 20 heavy (non-hydrogen) atoms. The lowest BCUT2D eigenvalue weighted by atomic mass is 10.0. The summed E-state index contributed by atoms with van der Waals surface area (Å²) in [6.45, 7) is 3.18. The number of fused-ring (bicyclic) bond motifs is 1. The smallest absolute Gasteiger partial charge is 0.0750 e. The summed E-state index contributed by atoms with van der Waals surface area (Å²) in [7, 11) is 0. The fraction of sp³-hybridized carbons (Fsp3) is 0.438. The minimum absolute atomic E-state index is 0.399. The third-order valence-electron chi connectivity index (χ3n) is 3.64. The molecule has 1 N–H and O–H groups in total. The van der Waals surface area contributed by atoms with E-state index in [-0.39, 0.29) is 0 Å². The van der Waals surface area contributed by atoms with Crippen LogP contribution in [0.15, 0.2) is 36.5 Å². The molecular weight excluding hydrogens is 284 g/mol. The van der Waals surface area contributed by atoms with Crippen LogP contribution in [0.2, 0.25) is 0 Å². The highest BCUT2D eigenvalue weighted by atomic mass is 32.2. The van der Waals surface area contributed by atoms with Crippen LogP contribution >= 0.6 is 23.5 Å². The maximum Gasteiger partial charge on any atom is 0.0750 e. The summed E-state index contributed by atoms with van der Waals surface area (Å²) in [4.78, 5) is 4.62. The summed E-state index contributed by atoms with van der Waals surface area (Å²) in [5.74, 6) is 3.77. The predicted molar refractivity (Wildman–Crippen MR) is 91.7 cm³/mol. The van der Waals surface area contributed by atoms with Crippen LogP contribution in [-0.4, -0.2) is 34.0 Å². The van der Waals surface area contributed by atoms with E-state index < -0.39 is 0 Å². The number of aromatic nitrogens is 1. The Balaban J connectivity index is 2.00. The molecular formula is C16H20N2S2. The zero-order valence-electron chi connectivity index (χ0n) is 11.7. The van der Waals surface area contributed by atoms with Crippen molar-refractivity contribution in [3.05, 3.63) is 42.1 Å². The largest absolute Gasteiger partial charge is 0.309 e. The molecule has 106 valence electrons. The van der Waals surface area contributed by atoms with Gasteiger partial charge in [0.25, 0.3) is 0 Å². The molecule has 1 aromatic heterocycles. The van der Waals surface area contributed by atoms with Crippen LogP contribution in [0.4, 0.5) is 0 Å². The molecule has 0 aliphatic carbocycles. The Morgan fingerprint density at radius 2 is 2.20 bits per heavy atom. The van der Waals surface area contributed by atoms with E-state index in [1.54, 1.807) is 0 Å². The average molecular weight is 304 g/mol. The highest BCUT2D eigenvalue weighted by Gasteiger charge is 2.26. The van der Waals surface area contributed by atoms with Crippen LogP contribution in [0.1, 0.15) is 18.5 Å². The number of pyridine rings is 1. The van der Waals surface area contributed by atoms with Crippen molar-refractivity contribution in [3.8, 4) is 0 Å². The number of hydrogen-bond donors (Lipinski definition) is 1. The van der Waals surface area contributed by atoms with Crippen molar-refractivity contribution in [3.63, 3.8) is 0 Å². The molecule has 0 bridgehead atoms. The number of para-hydroxylation sites is 1. The molecule has 1 saturated heterocycles. The van der Waals surface area contributed by atoms with Crippen LogP contribution in [0.5, 0.6) is 0 Å². The minimum atomic E-state index is 0.399. The molecule has 1 aromatic carbocycles. The molecule has 0 saturated carbocycles. The van der Waals surface area contributed by atoms with Gasteiger partial charge in [-0.1, -0.05) is 31.2 Å². The lowest BCUT2D eigenvalue weighted by Crippen LogP contribution is -2.33. The van der Waals surface area contributed by atoms with E-state index in [1.807, 2.05) is 12.3 Å². The van der Waals surface area contributed by atoms with Crippen molar-refractivity contribution in [2.45, 2.75) is 18.2 Å². The second-order valence-corrected chi connectivity index (χ2v) is 7.44. The molecule has 2 nitrogen and oxygen atoms in total. The van der Waals surface area contributed by atoms with Crippen LogP contribution in [0.3, 0.4) is 0 Å². The fourth-order valence-electron chi connectivity index (χ4n) is 2.74. The fourth-order valence-corrected chi connectivity index (χ4v) is 5.60. The first kappa shape index (κ1) is 14.2. The predicted octanol–water partition coefficient (Wildman–Crippen LogP) is 3.73. The second-order valence-electron chi connectivity index (χ2n) is 4.94. The lowest BCUT2D eigenvalue weighted by Gasteiger charge is -2.31. The minimum Gasteiger partial charge on any atom is -0.309 e. The highest BCUT2D eigenvalue weighted by Crippen LogP contribution is 2.35. The van der Waals surface area contributed by atoms with E-state index in [1.165, 1.54) is 28.2 Å². The topological polar surface area (TPSA) is 24.9 Å². The van der Waals surface area contributed by atoms with Gasteiger partial charge in [0.1, 0.15) is 0 Å². The van der Waals surface area contributed by atoms with Gasteiger partial charge in [0.15, 0.2) is 0 Å². The molecule has 1 aliphatic rings. The van der Waals surface area contributed by atoms with Crippen LogP contribution in [-0.2, 0) is 0 Å². The van der Waals surface area contributed by atoms with Gasteiger partial charge in [0.05, 0.1) is 5.52 Å². The molecule has 3 rings (SSSR count). The first-order chi connectivity index (χ1) is 9.90. The van der Waals surface area contributed by atoms with Crippen molar-refractivity contribution < 1.29 is 0 Å². The monoisotopic (exact) mass is 304 g/mol. The third-order valence-corrected chi connectivity index (χ3v) is 6.50. The van der Waals surface area contributed by atoms with Gasteiger partial charge < -0.3 is 5.32 Å². The molecule has 2 atom stereocenters. The summed E-state index contributed by atoms with van der Waals surface area (Å²) in [6.07, 6.45) is 1.90. The number of hydrogen-bond acceptors (Lipinski definition) is 4. The Bertz CT molecular complexity index is 562. The molecule has 0 amide bonds. The van der Waals surface area contributed by atoms with Gasteiger partial charge in [0, 0.05) is 40.1 Å². The molecule has 0 spiro atoms. The standard InChI is InChI=1S/C16H20N2S2/c1-2-17-16(14-11-19-9-10-20-14)13-7-3-5-12-6-4-8-18-15(12)13/h3-8,14,16-17H,2,9-11H2,1H3. The van der Waals surface area contributed by atoms with Crippen LogP contribution < -0.4 is 5.32 Å². The molecule has 1 aliphatic heterocycles. The number of benzene rings is 1. The summed E-state index contributed by atoms with van der Waals surface area (Å²) < 4.78 is 0. The zero-order valence-corrected chi connectivity index (χ0v) is 13.3. The lowest BCUT2D eigenvalue weighted by molar-refractivity contribution is 0.553. The number of rotatable bonds is 4. The van der Waals surface area contributed by atoms with E-state index in [9.17, 15) is 0 Å². The van der Waals surface area contributed by atoms with E-state index in [0.29, 0.717) is 11.3 Å². The maximum absolute atomic E-state index is 4.62. The summed E-state index contributed by atoms with van der Waals surface area (Å²) in [5.41, 5.74) is 2.50. The number of nitrogens with zero attached hydrogens (tertiary/aromatic N) is 1. The quantitative estimate of drug-likeness (QED) is 0.930. The average Bonchev–Trinajstić information content (AvgIpc) is 2.53. The van der Waals surface area contributed by atoms with Gasteiger partial charge >= 0.3 is 0 Å². The SMILES string of the molecule is CCNC(c1cccc2cccnc12)C1CSCCS1. The van der Waals surface area contributed by atoms with E-state index >= 15 is 0 Å². The first-order valence-corrected chi connectivity index (χ1v) is 9.37. The van der Waals surface area contributed by atoms with Gasteiger partial charge in [-0.25, -0.2) is 0 Å². The van der Waals surface area contributed by atoms with Gasteiger partial charge in [-0.15, -0.1) is 0 Å². The third kappa shape index (κ3) is 2.97. The Hall–Kier alpha value is -0.710. The van der Waals surface area contributed by atoms with Gasteiger partial charge in [-0.2, -0.15) is 23.5 Å². The number of thioether (sulfide) groups is 2. The Labute approximate surface area is 129 Å². The Kier molecular flexibility index (Phi) is 4.86. The summed E-state index contributed by atoms with van der Waals surface area (Å²) in [6, 6.07) is 11.1. The molecule has 4 heteroatoms. The summed E-state index contributed by atoms with van der Waals surface area (Å²) in [5, 5.41) is 5.56. The van der Waals surface area contributed by atoms with Crippen molar-refractivity contribution in [2.24, 2.45) is 0 Å². The van der Waals surface area contributed by atoms with Gasteiger partial charge in [-0.3, -0.25) is 4.98 Å². The Morgan fingerprint density at radius 3 is 3.00 bits per heavy atom. The van der Waals surface area contributed by atoms with Crippen molar-refractivity contribution in [1.82, 2.24) is 10.3 Å². The van der Waals surface area contributed by atoms with Crippen molar-refractivity contribution in [1.29, 1.82) is 0 Å². The maximum atomic E-state index is 4.62. The number of nitrogens with one attached hydrogen (secondary N) is 1. The molecule has 0 radical (unpaired) electrons. The van der Waals surface area contributed by atoms with Gasteiger partial charge in [0.2, 0.25) is 0 Å². The molecule has 2 aromatic rings.